The molecule has 0 bridgehead atoms. The van der Waals surface area contributed by atoms with Gasteiger partial charge in [-0.15, -0.1) is 0 Å². The van der Waals surface area contributed by atoms with E-state index in [1.807, 2.05) is 13.1 Å². The van der Waals surface area contributed by atoms with E-state index in [0.29, 0.717) is 12.0 Å². The summed E-state index contributed by atoms with van der Waals surface area (Å²) in [6.07, 6.45) is 0.636. The van der Waals surface area contributed by atoms with Crippen molar-refractivity contribution in [2.24, 2.45) is 0 Å². The molecule has 3 heteroatoms. The van der Waals surface area contributed by atoms with Crippen molar-refractivity contribution in [2.45, 2.75) is 6.42 Å². The molecule has 0 saturated carbocycles. The van der Waals surface area contributed by atoms with Gasteiger partial charge in [-0.1, -0.05) is 18.2 Å². The molecule has 0 amide bonds. The molecular weight excluding hydrogens is 232 g/mol. The molecule has 2 aromatic rings. The van der Waals surface area contributed by atoms with Gasteiger partial charge in [-0.3, -0.25) is 0 Å². The summed E-state index contributed by atoms with van der Waals surface area (Å²) >= 11 is 0. The van der Waals surface area contributed by atoms with Gasteiger partial charge in [-0.25, -0.2) is 8.78 Å². The van der Waals surface area contributed by atoms with E-state index in [1.165, 1.54) is 18.2 Å². The van der Waals surface area contributed by atoms with Crippen LogP contribution in [0.2, 0.25) is 0 Å². The Hall–Kier alpha value is -1.74. The van der Waals surface area contributed by atoms with Crippen molar-refractivity contribution in [3.63, 3.8) is 0 Å². The lowest BCUT2D eigenvalue weighted by Gasteiger charge is -2.07. The highest BCUT2D eigenvalue weighted by Gasteiger charge is 2.05. The molecule has 0 aromatic heterocycles. The Morgan fingerprint density at radius 2 is 1.61 bits per heavy atom. The van der Waals surface area contributed by atoms with E-state index >= 15 is 0 Å². The number of hydrogen-bond acceptors (Lipinski definition) is 1. The maximum absolute atomic E-state index is 13.6. The summed E-state index contributed by atoms with van der Waals surface area (Å²) in [5.74, 6) is -0.465. The predicted octanol–water partition coefficient (Wildman–Crippen LogP) is 3.39. The van der Waals surface area contributed by atoms with Crippen LogP contribution in [-0.2, 0) is 6.42 Å². The maximum atomic E-state index is 13.6. The quantitative estimate of drug-likeness (QED) is 0.873. The molecular formula is C15H15F2N. The number of rotatable bonds is 4. The molecule has 0 fully saturated rings. The summed E-state index contributed by atoms with van der Waals surface area (Å²) in [4.78, 5) is 0. The third-order valence-electron chi connectivity index (χ3n) is 2.87. The Morgan fingerprint density at radius 3 is 2.28 bits per heavy atom. The van der Waals surface area contributed by atoms with E-state index in [1.54, 1.807) is 18.2 Å². The molecule has 0 heterocycles. The van der Waals surface area contributed by atoms with Crippen LogP contribution in [0.15, 0.2) is 42.5 Å². The molecule has 0 aliphatic heterocycles. The molecule has 0 spiro atoms. The van der Waals surface area contributed by atoms with Crippen LogP contribution in [0, 0.1) is 11.6 Å². The molecule has 0 saturated heterocycles. The molecule has 0 radical (unpaired) electrons. The van der Waals surface area contributed by atoms with Crippen LogP contribution in [0.25, 0.3) is 11.1 Å². The van der Waals surface area contributed by atoms with Gasteiger partial charge in [0.05, 0.1) is 0 Å². The van der Waals surface area contributed by atoms with Crippen LogP contribution in [0.4, 0.5) is 8.78 Å². The third-order valence-corrected chi connectivity index (χ3v) is 2.87. The van der Waals surface area contributed by atoms with Crippen LogP contribution in [0.5, 0.6) is 0 Å². The number of halogens is 2. The van der Waals surface area contributed by atoms with Crippen LogP contribution in [-0.4, -0.2) is 13.6 Å². The first-order valence-corrected chi connectivity index (χ1v) is 5.89. The Morgan fingerprint density at radius 1 is 0.944 bits per heavy atom. The van der Waals surface area contributed by atoms with Crippen molar-refractivity contribution in [1.29, 1.82) is 0 Å². The third kappa shape index (κ3) is 2.93. The van der Waals surface area contributed by atoms with Crippen LogP contribution in [0.3, 0.4) is 0 Å². The van der Waals surface area contributed by atoms with Crippen molar-refractivity contribution in [1.82, 2.24) is 5.32 Å². The molecule has 18 heavy (non-hydrogen) atoms. The molecule has 2 aromatic carbocycles. The molecule has 1 N–H and O–H groups in total. The highest BCUT2D eigenvalue weighted by Crippen LogP contribution is 2.22. The summed E-state index contributed by atoms with van der Waals surface area (Å²) in [6, 6.07) is 11.2. The minimum Gasteiger partial charge on any atom is -0.319 e. The van der Waals surface area contributed by atoms with E-state index in [2.05, 4.69) is 5.32 Å². The van der Waals surface area contributed by atoms with Crippen molar-refractivity contribution in [2.75, 3.05) is 13.6 Å². The van der Waals surface area contributed by atoms with Gasteiger partial charge in [0.25, 0.3) is 0 Å². The lowest BCUT2D eigenvalue weighted by molar-refractivity contribution is 0.605. The van der Waals surface area contributed by atoms with Crippen LogP contribution >= 0.6 is 0 Å². The van der Waals surface area contributed by atoms with Gasteiger partial charge in [0, 0.05) is 0 Å². The zero-order chi connectivity index (χ0) is 13.0. The summed E-state index contributed by atoms with van der Waals surface area (Å²) in [6.45, 7) is 0.726. The zero-order valence-corrected chi connectivity index (χ0v) is 10.2. The van der Waals surface area contributed by atoms with E-state index in [4.69, 9.17) is 0 Å². The monoisotopic (exact) mass is 247 g/mol. The van der Waals surface area contributed by atoms with Gasteiger partial charge < -0.3 is 5.32 Å². The molecule has 0 unspecified atom stereocenters. The smallest absolute Gasteiger partial charge is 0.126 e. The second-order valence-corrected chi connectivity index (χ2v) is 4.17. The molecule has 2 rings (SSSR count). The van der Waals surface area contributed by atoms with Gasteiger partial charge in [-0.05, 0) is 61.0 Å². The van der Waals surface area contributed by atoms with Crippen molar-refractivity contribution in [3.8, 4) is 11.1 Å². The second kappa shape index (κ2) is 5.74. The fourth-order valence-electron chi connectivity index (χ4n) is 1.85. The topological polar surface area (TPSA) is 12.0 Å². The van der Waals surface area contributed by atoms with Crippen molar-refractivity contribution in [3.05, 3.63) is 59.7 Å². The number of benzene rings is 2. The van der Waals surface area contributed by atoms with Gasteiger partial charge >= 0.3 is 0 Å². The summed E-state index contributed by atoms with van der Waals surface area (Å²) in [7, 11) is 1.84. The molecule has 0 aliphatic carbocycles. The average molecular weight is 247 g/mol. The van der Waals surface area contributed by atoms with Gasteiger partial charge in [0.2, 0.25) is 0 Å². The predicted molar refractivity (Wildman–Crippen MR) is 69.4 cm³/mol. The number of nitrogens with one attached hydrogen (secondary N) is 1. The molecule has 0 atom stereocenters. The second-order valence-electron chi connectivity index (χ2n) is 4.17. The lowest BCUT2D eigenvalue weighted by Crippen LogP contribution is -2.11. The Balaban J connectivity index is 2.31. The zero-order valence-electron chi connectivity index (χ0n) is 10.2. The SMILES string of the molecule is CNCCc1cc(-c2ccc(F)cc2)ccc1F. The minimum absolute atomic E-state index is 0.198. The first-order chi connectivity index (χ1) is 8.70. The van der Waals surface area contributed by atoms with Gasteiger partial charge in [0.1, 0.15) is 11.6 Å². The molecule has 1 nitrogen and oxygen atoms in total. The van der Waals surface area contributed by atoms with E-state index in [9.17, 15) is 8.78 Å². The normalized spacial score (nSPS) is 10.6. The van der Waals surface area contributed by atoms with Crippen molar-refractivity contribution < 1.29 is 8.78 Å². The lowest BCUT2D eigenvalue weighted by atomic mass is 10.0. The Kier molecular flexibility index (Phi) is 4.05. The fraction of sp³-hybridized carbons (Fsp3) is 0.200. The Labute approximate surface area is 105 Å². The van der Waals surface area contributed by atoms with Crippen molar-refractivity contribution >= 4 is 0 Å². The summed E-state index contributed by atoms with van der Waals surface area (Å²) in [5.41, 5.74) is 2.47. The number of hydrogen-bond donors (Lipinski definition) is 1. The maximum Gasteiger partial charge on any atom is 0.126 e. The standard InChI is InChI=1S/C15H15F2N/c1-18-9-8-13-10-12(4-7-15(13)17)11-2-5-14(16)6-3-11/h2-7,10,18H,8-9H2,1H3. The first-order valence-electron chi connectivity index (χ1n) is 5.89. The van der Waals surface area contributed by atoms with E-state index in [0.717, 1.165) is 17.7 Å². The summed E-state index contributed by atoms with van der Waals surface area (Å²) < 4.78 is 26.4. The summed E-state index contributed by atoms with van der Waals surface area (Å²) in [5, 5.41) is 2.99. The fourth-order valence-corrected chi connectivity index (χ4v) is 1.85. The van der Waals surface area contributed by atoms with Gasteiger partial charge in [-0.2, -0.15) is 0 Å². The Bertz CT molecular complexity index is 521. The largest absolute Gasteiger partial charge is 0.319 e. The minimum atomic E-state index is -0.267. The first kappa shape index (κ1) is 12.7. The molecule has 94 valence electrons. The van der Waals surface area contributed by atoms with E-state index in [-0.39, 0.29) is 11.6 Å². The number of likely N-dealkylation sites (N-methyl/N-ethyl adjacent to an activating group) is 1. The molecule has 0 aliphatic rings. The average Bonchev–Trinajstić information content (AvgIpc) is 2.39. The highest BCUT2D eigenvalue weighted by atomic mass is 19.1. The van der Waals surface area contributed by atoms with Gasteiger partial charge in [0.15, 0.2) is 0 Å². The van der Waals surface area contributed by atoms with Crippen LogP contribution in [0.1, 0.15) is 5.56 Å². The highest BCUT2D eigenvalue weighted by molar-refractivity contribution is 5.64. The van der Waals surface area contributed by atoms with E-state index < -0.39 is 0 Å². The van der Waals surface area contributed by atoms with Crippen LogP contribution < -0.4 is 5.32 Å².